The van der Waals surface area contributed by atoms with E-state index in [-0.39, 0.29) is 18.4 Å². The lowest BCUT2D eigenvalue weighted by Gasteiger charge is -2.37. The molecular formula is C22H23N3O3. The second-order valence-corrected chi connectivity index (χ2v) is 7.85. The number of fused-ring (bicyclic) bond motifs is 4. The summed E-state index contributed by atoms with van der Waals surface area (Å²) in [5, 5.41) is 10.1. The van der Waals surface area contributed by atoms with Crippen LogP contribution < -0.4 is 4.74 Å². The van der Waals surface area contributed by atoms with Gasteiger partial charge in [0.1, 0.15) is 5.75 Å². The number of carbonyl (C=O) groups excluding carboxylic acids is 1. The first-order valence-corrected chi connectivity index (χ1v) is 9.70. The van der Waals surface area contributed by atoms with Crippen molar-refractivity contribution in [2.45, 2.75) is 18.9 Å². The van der Waals surface area contributed by atoms with Crippen molar-refractivity contribution in [2.24, 2.45) is 5.41 Å². The van der Waals surface area contributed by atoms with Crippen LogP contribution >= 0.6 is 0 Å². The molecule has 1 fully saturated rings. The van der Waals surface area contributed by atoms with Crippen LogP contribution in [0.2, 0.25) is 0 Å². The van der Waals surface area contributed by atoms with Crippen molar-refractivity contribution < 1.29 is 14.6 Å². The highest BCUT2D eigenvalue weighted by molar-refractivity contribution is 5.78. The van der Waals surface area contributed by atoms with Crippen LogP contribution in [-0.2, 0) is 11.3 Å². The van der Waals surface area contributed by atoms with Gasteiger partial charge in [-0.05, 0) is 23.8 Å². The SMILES string of the molecule is O=C(CCn1cnc2ccccc21)N1C[C@@H]2c3ccccc3OC[C@]2(CO)C1. The van der Waals surface area contributed by atoms with Crippen LogP contribution in [0.3, 0.4) is 0 Å². The third-order valence-electron chi connectivity index (χ3n) is 6.22. The first-order chi connectivity index (χ1) is 13.7. The van der Waals surface area contributed by atoms with E-state index in [1.807, 2.05) is 51.9 Å². The highest BCUT2D eigenvalue weighted by atomic mass is 16.5. The average Bonchev–Trinajstić information content (AvgIpc) is 3.34. The van der Waals surface area contributed by atoms with Gasteiger partial charge in [0.25, 0.3) is 0 Å². The van der Waals surface area contributed by atoms with E-state index < -0.39 is 5.41 Å². The summed E-state index contributed by atoms with van der Waals surface area (Å²) in [7, 11) is 0. The third kappa shape index (κ3) is 2.67. The first-order valence-electron chi connectivity index (χ1n) is 9.70. The van der Waals surface area contributed by atoms with Gasteiger partial charge >= 0.3 is 0 Å². The summed E-state index contributed by atoms with van der Waals surface area (Å²) in [6, 6.07) is 15.9. The summed E-state index contributed by atoms with van der Waals surface area (Å²) >= 11 is 0. The Balaban J connectivity index is 1.33. The molecule has 3 heterocycles. The number of hydrogen-bond donors (Lipinski definition) is 1. The van der Waals surface area contributed by atoms with Crippen LogP contribution in [0.15, 0.2) is 54.9 Å². The molecule has 2 aliphatic heterocycles. The van der Waals surface area contributed by atoms with Gasteiger partial charge in [0.2, 0.25) is 5.91 Å². The molecule has 0 unspecified atom stereocenters. The van der Waals surface area contributed by atoms with Crippen molar-refractivity contribution in [3.63, 3.8) is 0 Å². The number of hydrogen-bond acceptors (Lipinski definition) is 4. The Labute approximate surface area is 163 Å². The second-order valence-electron chi connectivity index (χ2n) is 7.85. The van der Waals surface area contributed by atoms with Gasteiger partial charge in [0, 0.05) is 32.0 Å². The molecule has 1 aromatic heterocycles. The van der Waals surface area contributed by atoms with Gasteiger partial charge in [-0.25, -0.2) is 4.98 Å². The molecule has 2 aromatic carbocycles. The molecule has 3 aromatic rings. The predicted molar refractivity (Wildman–Crippen MR) is 105 cm³/mol. The Morgan fingerprint density at radius 3 is 2.93 bits per heavy atom. The number of aliphatic hydroxyl groups is 1. The molecule has 1 N–H and O–H groups in total. The molecule has 5 rings (SSSR count). The fourth-order valence-electron chi connectivity index (χ4n) is 4.62. The number of benzene rings is 2. The number of nitrogens with zero attached hydrogens (tertiary/aromatic N) is 3. The Morgan fingerprint density at radius 2 is 2.04 bits per heavy atom. The molecule has 28 heavy (non-hydrogen) atoms. The van der Waals surface area contributed by atoms with Gasteiger partial charge in [-0.2, -0.15) is 0 Å². The van der Waals surface area contributed by atoms with Crippen molar-refractivity contribution in [3.8, 4) is 5.75 Å². The molecule has 0 spiro atoms. The number of amides is 1. The van der Waals surface area contributed by atoms with Gasteiger partial charge < -0.3 is 19.3 Å². The second kappa shape index (κ2) is 6.63. The fourth-order valence-corrected chi connectivity index (χ4v) is 4.62. The van der Waals surface area contributed by atoms with E-state index in [1.165, 1.54) is 0 Å². The normalized spacial score (nSPS) is 23.3. The number of aliphatic hydroxyl groups excluding tert-OH is 1. The van der Waals surface area contributed by atoms with Gasteiger partial charge in [-0.3, -0.25) is 4.79 Å². The van der Waals surface area contributed by atoms with E-state index >= 15 is 0 Å². The molecular weight excluding hydrogens is 354 g/mol. The highest BCUT2D eigenvalue weighted by Crippen LogP contribution is 2.49. The number of aromatic nitrogens is 2. The molecule has 0 saturated carbocycles. The lowest BCUT2D eigenvalue weighted by atomic mass is 9.74. The summed E-state index contributed by atoms with van der Waals surface area (Å²) in [5.74, 6) is 1.09. The van der Waals surface area contributed by atoms with Crippen LogP contribution in [0.5, 0.6) is 5.75 Å². The van der Waals surface area contributed by atoms with Gasteiger partial charge in [-0.1, -0.05) is 30.3 Å². The van der Waals surface area contributed by atoms with E-state index in [4.69, 9.17) is 4.74 Å². The number of aryl methyl sites for hydroxylation is 1. The minimum Gasteiger partial charge on any atom is -0.493 e. The standard InChI is InChI=1S/C22H23N3O3/c26-13-22-12-25(11-17(22)16-5-1-4-8-20(16)28-14-22)21(27)9-10-24-15-23-18-6-2-3-7-19(18)24/h1-8,15,17,26H,9-14H2/t17-,22-/m1/s1. The number of ether oxygens (including phenoxy) is 1. The van der Waals surface area contributed by atoms with Gasteiger partial charge in [0.05, 0.1) is 36.0 Å². The molecule has 0 aliphatic carbocycles. The van der Waals surface area contributed by atoms with Crippen LogP contribution in [0.4, 0.5) is 0 Å². The summed E-state index contributed by atoms with van der Waals surface area (Å²) in [4.78, 5) is 19.2. The first kappa shape index (κ1) is 17.3. The maximum Gasteiger partial charge on any atom is 0.224 e. The maximum absolute atomic E-state index is 13.0. The molecule has 2 aliphatic rings. The minimum atomic E-state index is -0.411. The molecule has 1 saturated heterocycles. The summed E-state index contributed by atoms with van der Waals surface area (Å²) in [6.07, 6.45) is 2.21. The number of imidazole rings is 1. The van der Waals surface area contributed by atoms with E-state index in [0.29, 0.717) is 32.7 Å². The molecule has 0 radical (unpaired) electrons. The van der Waals surface area contributed by atoms with Crippen molar-refractivity contribution in [3.05, 3.63) is 60.4 Å². The quantitative estimate of drug-likeness (QED) is 0.758. The van der Waals surface area contributed by atoms with Crippen LogP contribution in [0.25, 0.3) is 11.0 Å². The Bertz CT molecular complexity index is 1030. The van der Waals surface area contributed by atoms with Gasteiger partial charge in [0.15, 0.2) is 0 Å². The Morgan fingerprint density at radius 1 is 1.21 bits per heavy atom. The average molecular weight is 377 g/mol. The summed E-state index contributed by atoms with van der Waals surface area (Å²) in [5.41, 5.74) is 2.67. The molecule has 2 atom stereocenters. The van der Waals surface area contributed by atoms with E-state index in [2.05, 4.69) is 11.1 Å². The monoisotopic (exact) mass is 377 g/mol. The molecule has 1 amide bonds. The zero-order valence-electron chi connectivity index (χ0n) is 15.6. The number of likely N-dealkylation sites (tertiary alicyclic amines) is 1. The van der Waals surface area contributed by atoms with E-state index in [9.17, 15) is 9.90 Å². The molecule has 0 bridgehead atoms. The molecule has 6 nitrogen and oxygen atoms in total. The van der Waals surface area contributed by atoms with Gasteiger partial charge in [-0.15, -0.1) is 0 Å². The number of carbonyl (C=O) groups is 1. The van der Waals surface area contributed by atoms with E-state index in [0.717, 1.165) is 22.3 Å². The topological polar surface area (TPSA) is 67.6 Å². The number of rotatable bonds is 4. The molecule has 6 heteroatoms. The zero-order chi connectivity index (χ0) is 19.1. The smallest absolute Gasteiger partial charge is 0.224 e. The largest absolute Gasteiger partial charge is 0.493 e. The maximum atomic E-state index is 13.0. The Kier molecular flexibility index (Phi) is 4.09. The molecule has 144 valence electrons. The minimum absolute atomic E-state index is 0.0158. The van der Waals surface area contributed by atoms with Crippen LogP contribution in [0.1, 0.15) is 17.9 Å². The lowest BCUT2D eigenvalue weighted by molar-refractivity contribution is -0.131. The van der Waals surface area contributed by atoms with Crippen molar-refractivity contribution in [1.29, 1.82) is 0 Å². The van der Waals surface area contributed by atoms with Crippen LogP contribution in [-0.4, -0.2) is 51.8 Å². The zero-order valence-corrected chi connectivity index (χ0v) is 15.6. The summed E-state index contributed by atoms with van der Waals surface area (Å²) < 4.78 is 7.94. The fraction of sp³-hybridized carbons (Fsp3) is 0.364. The lowest BCUT2D eigenvalue weighted by Crippen LogP contribution is -2.42. The van der Waals surface area contributed by atoms with Crippen LogP contribution in [0, 0.1) is 5.41 Å². The van der Waals surface area contributed by atoms with Crippen molar-refractivity contribution in [1.82, 2.24) is 14.5 Å². The van der Waals surface area contributed by atoms with E-state index in [1.54, 1.807) is 6.33 Å². The number of para-hydroxylation sites is 3. The third-order valence-corrected chi connectivity index (χ3v) is 6.22. The van der Waals surface area contributed by atoms with Crippen molar-refractivity contribution in [2.75, 3.05) is 26.3 Å². The van der Waals surface area contributed by atoms with Crippen molar-refractivity contribution >= 4 is 16.9 Å². The predicted octanol–water partition coefficient (Wildman–Crippen LogP) is 2.42. The Hall–Kier alpha value is -2.86. The highest BCUT2D eigenvalue weighted by Gasteiger charge is 2.51. The summed E-state index contributed by atoms with van der Waals surface area (Å²) in [6.45, 7) is 2.22.